The van der Waals surface area contributed by atoms with E-state index in [4.69, 9.17) is 0 Å². The van der Waals surface area contributed by atoms with Gasteiger partial charge in [-0.25, -0.2) is 0 Å². The molecule has 0 saturated carbocycles. The van der Waals surface area contributed by atoms with E-state index in [2.05, 4.69) is 16.7 Å². The quantitative estimate of drug-likeness (QED) is 0.742. The Morgan fingerprint density at radius 3 is 2.47 bits per heavy atom. The molecule has 3 fully saturated rings. The number of hydrogen-bond donors (Lipinski definition) is 0. The summed E-state index contributed by atoms with van der Waals surface area (Å²) in [5, 5.41) is 0. The molecule has 3 saturated heterocycles. The van der Waals surface area contributed by atoms with Crippen molar-refractivity contribution in [3.63, 3.8) is 0 Å². The molecule has 96 valence electrons. The first kappa shape index (κ1) is 11.7. The number of ketones is 1. The van der Waals surface area contributed by atoms with Crippen LogP contribution in [-0.2, 0) is 4.79 Å². The number of nitrogens with zero attached hydrogens (tertiary/aromatic N) is 2. The van der Waals surface area contributed by atoms with Gasteiger partial charge in [0, 0.05) is 38.0 Å². The SMILES string of the molecule is CCN1CCC(CN2C3CCC2CC(=O)C3)C1. The summed E-state index contributed by atoms with van der Waals surface area (Å²) in [4.78, 5) is 16.8. The number of carbonyl (C=O) groups is 1. The van der Waals surface area contributed by atoms with Crippen LogP contribution in [0.4, 0.5) is 0 Å². The molecule has 3 nitrogen and oxygen atoms in total. The minimum atomic E-state index is 0.510. The van der Waals surface area contributed by atoms with Gasteiger partial charge in [-0.1, -0.05) is 6.92 Å². The molecule has 3 heterocycles. The zero-order valence-electron chi connectivity index (χ0n) is 10.9. The van der Waals surface area contributed by atoms with E-state index in [0.717, 1.165) is 18.8 Å². The molecule has 0 spiro atoms. The normalized spacial score (nSPS) is 39.1. The van der Waals surface area contributed by atoms with E-state index < -0.39 is 0 Å². The third-order valence-corrected chi connectivity index (χ3v) is 4.98. The Balaban J connectivity index is 1.58. The number of hydrogen-bond acceptors (Lipinski definition) is 3. The highest BCUT2D eigenvalue weighted by atomic mass is 16.1. The smallest absolute Gasteiger partial charge is 0.136 e. The highest BCUT2D eigenvalue weighted by Gasteiger charge is 2.41. The molecule has 0 N–H and O–H groups in total. The summed E-state index contributed by atoms with van der Waals surface area (Å²) in [6, 6.07) is 1.19. The van der Waals surface area contributed by atoms with Gasteiger partial charge in [-0.15, -0.1) is 0 Å². The van der Waals surface area contributed by atoms with Crippen LogP contribution in [0.25, 0.3) is 0 Å². The lowest BCUT2D eigenvalue weighted by Gasteiger charge is -2.35. The topological polar surface area (TPSA) is 23.6 Å². The lowest BCUT2D eigenvalue weighted by molar-refractivity contribution is -0.123. The second-order valence-corrected chi connectivity index (χ2v) is 6.08. The maximum Gasteiger partial charge on any atom is 0.136 e. The van der Waals surface area contributed by atoms with Gasteiger partial charge >= 0.3 is 0 Å². The van der Waals surface area contributed by atoms with E-state index in [-0.39, 0.29) is 0 Å². The van der Waals surface area contributed by atoms with Crippen LogP contribution >= 0.6 is 0 Å². The van der Waals surface area contributed by atoms with Crippen molar-refractivity contribution >= 4 is 5.78 Å². The molecule has 0 aromatic rings. The fourth-order valence-electron chi connectivity index (χ4n) is 4.01. The van der Waals surface area contributed by atoms with Crippen molar-refractivity contribution < 1.29 is 4.79 Å². The van der Waals surface area contributed by atoms with Gasteiger partial charge in [0.2, 0.25) is 0 Å². The van der Waals surface area contributed by atoms with Crippen molar-refractivity contribution in [3.8, 4) is 0 Å². The molecule has 17 heavy (non-hydrogen) atoms. The van der Waals surface area contributed by atoms with Crippen molar-refractivity contribution in [2.45, 2.75) is 51.1 Å². The minimum absolute atomic E-state index is 0.510. The Morgan fingerprint density at radius 2 is 1.88 bits per heavy atom. The molecule has 3 unspecified atom stereocenters. The zero-order chi connectivity index (χ0) is 11.8. The number of fused-ring (bicyclic) bond motifs is 2. The van der Waals surface area contributed by atoms with Gasteiger partial charge in [-0.3, -0.25) is 9.69 Å². The summed E-state index contributed by atoms with van der Waals surface area (Å²) < 4.78 is 0. The number of piperidine rings is 1. The Bertz CT molecular complexity index is 289. The summed E-state index contributed by atoms with van der Waals surface area (Å²) in [5.74, 6) is 1.36. The van der Waals surface area contributed by atoms with Gasteiger partial charge in [0.05, 0.1) is 0 Å². The van der Waals surface area contributed by atoms with E-state index in [1.807, 2.05) is 0 Å². The molecule has 3 atom stereocenters. The molecule has 3 aliphatic heterocycles. The molecular formula is C14H24N2O. The Morgan fingerprint density at radius 1 is 1.18 bits per heavy atom. The van der Waals surface area contributed by atoms with Crippen LogP contribution in [-0.4, -0.2) is 53.8 Å². The van der Waals surface area contributed by atoms with Crippen molar-refractivity contribution in [2.75, 3.05) is 26.2 Å². The predicted molar refractivity (Wildman–Crippen MR) is 68.0 cm³/mol. The zero-order valence-corrected chi connectivity index (χ0v) is 10.9. The fraction of sp³-hybridized carbons (Fsp3) is 0.929. The van der Waals surface area contributed by atoms with Crippen molar-refractivity contribution in [2.24, 2.45) is 5.92 Å². The van der Waals surface area contributed by atoms with E-state index in [9.17, 15) is 4.79 Å². The Hall–Kier alpha value is -0.410. The molecule has 0 radical (unpaired) electrons. The van der Waals surface area contributed by atoms with Crippen LogP contribution in [0.3, 0.4) is 0 Å². The number of likely N-dealkylation sites (tertiary alicyclic amines) is 1. The highest BCUT2D eigenvalue weighted by molar-refractivity contribution is 5.80. The van der Waals surface area contributed by atoms with Crippen molar-refractivity contribution in [1.82, 2.24) is 9.80 Å². The summed E-state index contributed by atoms with van der Waals surface area (Å²) in [6.45, 7) is 7.26. The number of Topliss-reactive ketones (excluding diaryl/α,β-unsaturated/α-hetero) is 1. The standard InChI is InChI=1S/C14H24N2O/c1-2-15-6-5-11(9-15)10-16-12-3-4-13(16)8-14(17)7-12/h11-13H,2-10H2,1H3. The minimum Gasteiger partial charge on any atom is -0.303 e. The maximum atomic E-state index is 11.6. The van der Waals surface area contributed by atoms with Gasteiger partial charge in [0.15, 0.2) is 0 Å². The van der Waals surface area contributed by atoms with Gasteiger partial charge in [-0.2, -0.15) is 0 Å². The van der Waals surface area contributed by atoms with Gasteiger partial charge in [-0.05, 0) is 38.3 Å². The highest BCUT2D eigenvalue weighted by Crippen LogP contribution is 2.35. The van der Waals surface area contributed by atoms with Crippen LogP contribution in [0.1, 0.15) is 39.0 Å². The summed E-state index contributed by atoms with van der Waals surface area (Å²) in [6.07, 6.45) is 5.56. The molecule has 3 aliphatic rings. The van der Waals surface area contributed by atoms with Gasteiger partial charge < -0.3 is 4.90 Å². The van der Waals surface area contributed by atoms with Crippen molar-refractivity contribution in [1.29, 1.82) is 0 Å². The molecular weight excluding hydrogens is 212 g/mol. The second kappa shape index (κ2) is 4.69. The molecule has 3 heteroatoms. The van der Waals surface area contributed by atoms with Gasteiger partial charge in [0.1, 0.15) is 5.78 Å². The van der Waals surface area contributed by atoms with E-state index >= 15 is 0 Å². The van der Waals surface area contributed by atoms with E-state index in [1.165, 1.54) is 45.4 Å². The molecule has 0 amide bonds. The van der Waals surface area contributed by atoms with Crippen LogP contribution in [0.5, 0.6) is 0 Å². The third kappa shape index (κ3) is 2.27. The first-order valence-corrected chi connectivity index (χ1v) is 7.26. The summed E-state index contributed by atoms with van der Waals surface area (Å²) in [7, 11) is 0. The van der Waals surface area contributed by atoms with Crippen molar-refractivity contribution in [3.05, 3.63) is 0 Å². The first-order chi connectivity index (χ1) is 8.26. The van der Waals surface area contributed by atoms with Crippen LogP contribution < -0.4 is 0 Å². The molecule has 2 bridgehead atoms. The second-order valence-electron chi connectivity index (χ2n) is 6.08. The summed E-state index contributed by atoms with van der Waals surface area (Å²) in [5.41, 5.74) is 0. The van der Waals surface area contributed by atoms with Crippen LogP contribution in [0.15, 0.2) is 0 Å². The predicted octanol–water partition coefficient (Wildman–Crippen LogP) is 1.52. The largest absolute Gasteiger partial charge is 0.303 e. The fourth-order valence-corrected chi connectivity index (χ4v) is 4.01. The Labute approximate surface area is 104 Å². The first-order valence-electron chi connectivity index (χ1n) is 7.26. The number of carbonyl (C=O) groups excluding carboxylic acids is 1. The third-order valence-electron chi connectivity index (χ3n) is 4.98. The number of rotatable bonds is 3. The Kier molecular flexibility index (Phi) is 3.22. The summed E-state index contributed by atoms with van der Waals surface area (Å²) >= 11 is 0. The van der Waals surface area contributed by atoms with Crippen LogP contribution in [0.2, 0.25) is 0 Å². The van der Waals surface area contributed by atoms with Crippen LogP contribution in [0, 0.1) is 5.92 Å². The van der Waals surface area contributed by atoms with Gasteiger partial charge in [0.25, 0.3) is 0 Å². The maximum absolute atomic E-state index is 11.6. The molecule has 3 rings (SSSR count). The average molecular weight is 236 g/mol. The lowest BCUT2D eigenvalue weighted by Crippen LogP contribution is -2.45. The molecule has 0 aromatic heterocycles. The average Bonchev–Trinajstić information content (AvgIpc) is 2.85. The molecule has 0 aromatic carbocycles. The monoisotopic (exact) mass is 236 g/mol. The lowest BCUT2D eigenvalue weighted by atomic mass is 9.99. The van der Waals surface area contributed by atoms with E-state index in [1.54, 1.807) is 0 Å². The molecule has 0 aliphatic carbocycles. The van der Waals surface area contributed by atoms with E-state index in [0.29, 0.717) is 17.9 Å².